The van der Waals surface area contributed by atoms with Gasteiger partial charge in [-0.1, -0.05) is 18.2 Å². The van der Waals surface area contributed by atoms with Crippen LogP contribution in [0.1, 0.15) is 10.4 Å². The smallest absolute Gasteiger partial charge is 0.282 e. The van der Waals surface area contributed by atoms with Crippen LogP contribution in [-0.4, -0.2) is 23.3 Å². The van der Waals surface area contributed by atoms with Gasteiger partial charge in [-0.15, -0.1) is 11.3 Å². The van der Waals surface area contributed by atoms with Crippen LogP contribution in [0.4, 0.5) is 11.6 Å². The first-order chi connectivity index (χ1) is 11.1. The maximum absolute atomic E-state index is 12.7. The number of quaternary nitrogens is 1. The third-order valence-corrected chi connectivity index (χ3v) is 5.36. The second-order valence-electron chi connectivity index (χ2n) is 5.92. The fourth-order valence-corrected chi connectivity index (χ4v) is 4.33. The lowest BCUT2D eigenvalue weighted by molar-refractivity contribution is -0.895. The van der Waals surface area contributed by atoms with Gasteiger partial charge >= 0.3 is 0 Å². The van der Waals surface area contributed by atoms with E-state index in [9.17, 15) is 4.79 Å². The summed E-state index contributed by atoms with van der Waals surface area (Å²) in [6, 6.07) is 9.59. The Balaban J connectivity index is 1.85. The number of nitrogens with one attached hydrogen (secondary N) is 2. The Hall–Kier alpha value is -2.38. The molecule has 1 unspecified atom stereocenters. The average molecular weight is 328 g/mol. The van der Waals surface area contributed by atoms with Gasteiger partial charge in [-0.05, 0) is 17.7 Å². The number of fused-ring (bicyclic) bond motifs is 3. The first-order valence-corrected chi connectivity index (χ1v) is 8.41. The van der Waals surface area contributed by atoms with Gasteiger partial charge in [0.2, 0.25) is 5.95 Å². The Labute approximate surface area is 137 Å². The first-order valence-electron chi connectivity index (χ1n) is 7.59. The SMILES string of the molecule is C[NH+]1CCc2c(sc3nc(Nc4ccccc4)n(N)c(=O)c23)C1. The van der Waals surface area contributed by atoms with Gasteiger partial charge in [0.25, 0.3) is 5.56 Å². The number of nitrogens with zero attached hydrogens (tertiary/aromatic N) is 2. The minimum absolute atomic E-state index is 0.175. The van der Waals surface area contributed by atoms with Gasteiger partial charge < -0.3 is 16.1 Å². The van der Waals surface area contributed by atoms with Crippen molar-refractivity contribution < 1.29 is 4.90 Å². The molecule has 1 aliphatic heterocycles. The number of nitrogens with two attached hydrogens (primary N) is 1. The highest BCUT2D eigenvalue weighted by atomic mass is 32.1. The number of nitrogen functional groups attached to an aromatic ring is 1. The Kier molecular flexibility index (Phi) is 3.32. The largest absolute Gasteiger partial charge is 0.333 e. The topological polar surface area (TPSA) is 77.4 Å². The average Bonchev–Trinajstić information content (AvgIpc) is 2.90. The van der Waals surface area contributed by atoms with Gasteiger partial charge in [-0.3, -0.25) is 4.79 Å². The van der Waals surface area contributed by atoms with E-state index in [2.05, 4.69) is 17.3 Å². The fraction of sp³-hybridized carbons (Fsp3) is 0.250. The molecular formula is C16H18N5OS+. The maximum Gasteiger partial charge on any atom is 0.282 e. The number of para-hydroxylation sites is 1. The fourth-order valence-electron chi connectivity index (χ4n) is 3.01. The molecule has 23 heavy (non-hydrogen) atoms. The van der Waals surface area contributed by atoms with Crippen LogP contribution in [0.25, 0.3) is 10.2 Å². The minimum atomic E-state index is -0.175. The van der Waals surface area contributed by atoms with Gasteiger partial charge in [0.15, 0.2) is 0 Å². The molecule has 118 valence electrons. The molecule has 1 atom stereocenters. The molecule has 0 bridgehead atoms. The van der Waals surface area contributed by atoms with E-state index in [4.69, 9.17) is 5.84 Å². The molecule has 0 saturated heterocycles. The first kappa shape index (κ1) is 14.2. The molecule has 6 nitrogen and oxygen atoms in total. The zero-order valence-electron chi connectivity index (χ0n) is 12.8. The number of likely N-dealkylation sites (N-methyl/N-ethyl adjacent to an activating group) is 1. The zero-order valence-corrected chi connectivity index (χ0v) is 13.6. The van der Waals surface area contributed by atoms with Crippen LogP contribution in [0, 0.1) is 0 Å². The Morgan fingerprint density at radius 1 is 1.35 bits per heavy atom. The third-order valence-electron chi connectivity index (χ3n) is 4.23. The highest BCUT2D eigenvalue weighted by Crippen LogP contribution is 2.30. The van der Waals surface area contributed by atoms with Crippen LogP contribution in [0.3, 0.4) is 0 Å². The monoisotopic (exact) mass is 328 g/mol. The normalized spacial score (nSPS) is 17.2. The van der Waals surface area contributed by atoms with Crippen molar-refractivity contribution >= 4 is 33.2 Å². The molecule has 3 heterocycles. The lowest BCUT2D eigenvalue weighted by Crippen LogP contribution is -3.08. The second kappa shape index (κ2) is 5.36. The standard InChI is InChI=1S/C16H17N5OS/c1-20-8-7-11-12(9-20)23-14-13(11)15(22)21(17)16(19-14)18-10-5-3-2-4-6-10/h2-6H,7-9,17H2,1H3,(H,18,19)/p+1. The van der Waals surface area contributed by atoms with Crippen LogP contribution in [0.2, 0.25) is 0 Å². The number of hydrogen-bond donors (Lipinski definition) is 3. The van der Waals surface area contributed by atoms with Crippen molar-refractivity contribution in [3.05, 3.63) is 51.1 Å². The van der Waals surface area contributed by atoms with E-state index in [1.807, 2.05) is 30.3 Å². The van der Waals surface area contributed by atoms with Crippen molar-refractivity contribution in [1.82, 2.24) is 9.66 Å². The van der Waals surface area contributed by atoms with E-state index in [0.29, 0.717) is 11.3 Å². The van der Waals surface area contributed by atoms with Crippen molar-refractivity contribution in [2.75, 3.05) is 24.8 Å². The number of rotatable bonds is 2. The summed E-state index contributed by atoms with van der Waals surface area (Å²) >= 11 is 1.61. The van der Waals surface area contributed by atoms with E-state index in [1.165, 1.54) is 9.78 Å². The van der Waals surface area contributed by atoms with E-state index < -0.39 is 0 Å². The van der Waals surface area contributed by atoms with Crippen LogP contribution in [0.15, 0.2) is 35.1 Å². The van der Waals surface area contributed by atoms with E-state index in [1.54, 1.807) is 11.3 Å². The molecule has 2 aromatic heterocycles. The lowest BCUT2D eigenvalue weighted by Gasteiger charge is -2.19. The van der Waals surface area contributed by atoms with Crippen molar-refractivity contribution in [3.8, 4) is 0 Å². The molecule has 4 rings (SSSR count). The van der Waals surface area contributed by atoms with E-state index in [-0.39, 0.29) is 5.56 Å². The maximum atomic E-state index is 12.7. The summed E-state index contributed by atoms with van der Waals surface area (Å²) in [5.74, 6) is 6.36. The van der Waals surface area contributed by atoms with Crippen molar-refractivity contribution in [3.63, 3.8) is 0 Å². The number of hydrogen-bond acceptors (Lipinski definition) is 5. The van der Waals surface area contributed by atoms with Gasteiger partial charge in [-0.2, -0.15) is 4.68 Å². The van der Waals surface area contributed by atoms with E-state index >= 15 is 0 Å². The molecule has 3 aromatic rings. The molecule has 0 saturated carbocycles. The Morgan fingerprint density at radius 3 is 2.91 bits per heavy atom. The number of anilines is 2. The number of benzene rings is 1. The molecular weight excluding hydrogens is 310 g/mol. The molecule has 0 fully saturated rings. The molecule has 0 spiro atoms. The summed E-state index contributed by atoms with van der Waals surface area (Å²) in [6.45, 7) is 1.98. The summed E-state index contributed by atoms with van der Waals surface area (Å²) in [7, 11) is 2.17. The van der Waals surface area contributed by atoms with Crippen molar-refractivity contribution in [2.24, 2.45) is 0 Å². The molecule has 0 amide bonds. The van der Waals surface area contributed by atoms with Crippen LogP contribution in [0.5, 0.6) is 0 Å². The lowest BCUT2D eigenvalue weighted by atomic mass is 10.1. The Bertz CT molecular complexity index is 931. The molecule has 1 aromatic carbocycles. The molecule has 0 aliphatic carbocycles. The van der Waals surface area contributed by atoms with Crippen molar-refractivity contribution in [1.29, 1.82) is 0 Å². The number of aromatic nitrogens is 2. The quantitative estimate of drug-likeness (QED) is 0.598. The molecule has 0 radical (unpaired) electrons. The summed E-state index contributed by atoms with van der Waals surface area (Å²) in [6.07, 6.45) is 0.906. The zero-order chi connectivity index (χ0) is 16.0. The summed E-state index contributed by atoms with van der Waals surface area (Å²) < 4.78 is 1.12. The van der Waals surface area contributed by atoms with Gasteiger partial charge in [0, 0.05) is 12.1 Å². The van der Waals surface area contributed by atoms with Crippen LogP contribution in [-0.2, 0) is 13.0 Å². The van der Waals surface area contributed by atoms with E-state index in [0.717, 1.165) is 40.3 Å². The second-order valence-corrected chi connectivity index (χ2v) is 7.00. The van der Waals surface area contributed by atoms with Crippen molar-refractivity contribution in [2.45, 2.75) is 13.0 Å². The van der Waals surface area contributed by atoms with Crippen LogP contribution < -0.4 is 21.6 Å². The molecule has 4 N–H and O–H groups in total. The summed E-state index contributed by atoms with van der Waals surface area (Å²) in [5.41, 5.74) is 1.81. The van der Waals surface area contributed by atoms with Gasteiger partial charge in [-0.25, -0.2) is 4.98 Å². The predicted octanol–water partition coefficient (Wildman–Crippen LogP) is 0.486. The van der Waals surface area contributed by atoms with Gasteiger partial charge in [0.05, 0.1) is 23.9 Å². The minimum Gasteiger partial charge on any atom is -0.333 e. The summed E-state index contributed by atoms with van der Waals surface area (Å²) in [4.78, 5) is 20.8. The highest BCUT2D eigenvalue weighted by molar-refractivity contribution is 7.18. The van der Waals surface area contributed by atoms with Crippen LogP contribution >= 0.6 is 11.3 Å². The molecule has 7 heteroatoms. The van der Waals surface area contributed by atoms with Gasteiger partial charge in [0.1, 0.15) is 11.4 Å². The summed E-state index contributed by atoms with van der Waals surface area (Å²) in [5, 5.41) is 3.82. The molecule has 1 aliphatic rings. The highest BCUT2D eigenvalue weighted by Gasteiger charge is 2.25. The Morgan fingerprint density at radius 2 is 2.13 bits per heavy atom. The number of thiophene rings is 1. The third kappa shape index (κ3) is 2.38. The predicted molar refractivity (Wildman–Crippen MR) is 92.9 cm³/mol.